The van der Waals surface area contributed by atoms with E-state index in [1.807, 2.05) is 11.0 Å². The summed E-state index contributed by atoms with van der Waals surface area (Å²) in [5.74, 6) is 0.0542. The molecule has 170 valence electrons. The van der Waals surface area contributed by atoms with Gasteiger partial charge in [-0.15, -0.1) is 0 Å². The Hall–Kier alpha value is -2.37. The van der Waals surface area contributed by atoms with E-state index < -0.39 is 6.10 Å². The van der Waals surface area contributed by atoms with Crippen molar-refractivity contribution in [3.8, 4) is 0 Å². The standard InChI is InChI=1S/C27H35N3O2/c31-25(18-29-14-12-20-6-4-5-7-22(20)17-29)19-30-15-13-21-16-24(10-11-26(21)27(30)32)28-23-8-2-1-3-9-23/h4-7,10-11,16,23,25,28,31H,1-3,8-9,12-15,17-19H2/t25-/m1/s1. The molecule has 2 N–H and O–H groups in total. The molecule has 2 aromatic carbocycles. The number of fused-ring (bicyclic) bond motifs is 2. The maximum Gasteiger partial charge on any atom is 0.254 e. The molecule has 5 nitrogen and oxygen atoms in total. The Morgan fingerprint density at radius 1 is 0.938 bits per heavy atom. The van der Waals surface area contributed by atoms with Gasteiger partial charge >= 0.3 is 0 Å². The number of nitrogens with one attached hydrogen (secondary N) is 1. The fourth-order valence-corrected chi connectivity index (χ4v) is 5.60. The zero-order valence-electron chi connectivity index (χ0n) is 18.9. The fraction of sp³-hybridized carbons (Fsp3) is 0.519. The van der Waals surface area contributed by atoms with Crippen LogP contribution in [0.1, 0.15) is 59.2 Å². The van der Waals surface area contributed by atoms with Crippen LogP contribution in [0.2, 0.25) is 0 Å². The lowest BCUT2D eigenvalue weighted by Gasteiger charge is -2.34. The third-order valence-electron chi connectivity index (χ3n) is 7.36. The minimum absolute atomic E-state index is 0.0542. The Morgan fingerprint density at radius 2 is 1.72 bits per heavy atom. The van der Waals surface area contributed by atoms with Crippen LogP contribution in [0.25, 0.3) is 0 Å². The van der Waals surface area contributed by atoms with E-state index >= 15 is 0 Å². The summed E-state index contributed by atoms with van der Waals surface area (Å²) in [5.41, 5.74) is 5.84. The monoisotopic (exact) mass is 433 g/mol. The molecule has 0 unspecified atom stereocenters. The summed E-state index contributed by atoms with van der Waals surface area (Å²) in [6.07, 6.45) is 7.79. The van der Waals surface area contributed by atoms with Gasteiger partial charge in [-0.1, -0.05) is 43.5 Å². The lowest BCUT2D eigenvalue weighted by Crippen LogP contribution is -2.46. The van der Waals surface area contributed by atoms with Crippen LogP contribution in [0.4, 0.5) is 5.69 Å². The summed E-state index contributed by atoms with van der Waals surface area (Å²) in [5, 5.41) is 14.4. The molecule has 1 amide bonds. The Labute approximate surface area is 191 Å². The van der Waals surface area contributed by atoms with Gasteiger partial charge < -0.3 is 15.3 Å². The molecule has 0 spiro atoms. The molecule has 1 fully saturated rings. The number of aliphatic hydroxyl groups excluding tert-OH is 1. The molecule has 2 aliphatic heterocycles. The molecule has 1 atom stereocenters. The zero-order valence-corrected chi connectivity index (χ0v) is 18.9. The average molecular weight is 434 g/mol. The van der Waals surface area contributed by atoms with Gasteiger partial charge in [-0.3, -0.25) is 9.69 Å². The third-order valence-corrected chi connectivity index (χ3v) is 7.36. The Balaban J connectivity index is 1.16. The van der Waals surface area contributed by atoms with Gasteiger partial charge in [0.25, 0.3) is 5.91 Å². The van der Waals surface area contributed by atoms with Gasteiger partial charge in [0.15, 0.2) is 0 Å². The van der Waals surface area contributed by atoms with Gasteiger partial charge in [0, 0.05) is 50.0 Å². The molecule has 1 aliphatic carbocycles. The van der Waals surface area contributed by atoms with Gasteiger partial charge in [0.2, 0.25) is 0 Å². The van der Waals surface area contributed by atoms with E-state index in [0.717, 1.165) is 42.7 Å². The van der Waals surface area contributed by atoms with Crippen LogP contribution in [0.3, 0.4) is 0 Å². The second kappa shape index (κ2) is 9.63. The quantitative estimate of drug-likeness (QED) is 0.727. The summed E-state index contributed by atoms with van der Waals surface area (Å²) >= 11 is 0. The van der Waals surface area contributed by atoms with Crippen molar-refractivity contribution < 1.29 is 9.90 Å². The number of hydrogen-bond acceptors (Lipinski definition) is 4. The SMILES string of the molecule is O=C1c2ccc(NC3CCCCC3)cc2CCN1C[C@H](O)CN1CCc2ccccc2C1. The number of β-amino-alcohol motifs (C(OH)–C–C–N with tert-alkyl or cyclic N) is 1. The molecule has 32 heavy (non-hydrogen) atoms. The number of amides is 1. The van der Waals surface area contributed by atoms with Crippen LogP contribution in [-0.2, 0) is 19.4 Å². The van der Waals surface area contributed by atoms with Crippen LogP contribution < -0.4 is 5.32 Å². The molecule has 0 bridgehead atoms. The second-order valence-corrected chi connectivity index (χ2v) is 9.76. The highest BCUT2D eigenvalue weighted by molar-refractivity contribution is 5.97. The molecular weight excluding hydrogens is 398 g/mol. The van der Waals surface area contributed by atoms with Crippen LogP contribution in [-0.4, -0.2) is 59.1 Å². The highest BCUT2D eigenvalue weighted by Gasteiger charge is 2.27. The number of aliphatic hydroxyl groups is 1. The van der Waals surface area contributed by atoms with Crippen LogP contribution in [0.15, 0.2) is 42.5 Å². The molecule has 2 heterocycles. The molecule has 0 aromatic heterocycles. The summed E-state index contributed by atoms with van der Waals surface area (Å²) in [7, 11) is 0. The van der Waals surface area contributed by atoms with Crippen LogP contribution >= 0.6 is 0 Å². The topological polar surface area (TPSA) is 55.8 Å². The molecular formula is C27H35N3O2. The maximum absolute atomic E-state index is 13.1. The molecule has 0 saturated heterocycles. The number of carbonyl (C=O) groups is 1. The van der Waals surface area contributed by atoms with Gasteiger partial charge in [0.1, 0.15) is 0 Å². The van der Waals surface area contributed by atoms with E-state index in [0.29, 0.717) is 25.7 Å². The first-order valence-corrected chi connectivity index (χ1v) is 12.3. The minimum Gasteiger partial charge on any atom is -0.390 e. The van der Waals surface area contributed by atoms with Crippen molar-refractivity contribution in [3.63, 3.8) is 0 Å². The summed E-state index contributed by atoms with van der Waals surface area (Å²) < 4.78 is 0. The molecule has 5 rings (SSSR count). The number of hydrogen-bond donors (Lipinski definition) is 2. The van der Waals surface area contributed by atoms with E-state index in [9.17, 15) is 9.90 Å². The van der Waals surface area contributed by atoms with Crippen LogP contribution in [0, 0.1) is 0 Å². The van der Waals surface area contributed by atoms with Gasteiger partial charge in [-0.2, -0.15) is 0 Å². The smallest absolute Gasteiger partial charge is 0.254 e. The highest BCUT2D eigenvalue weighted by atomic mass is 16.3. The summed E-state index contributed by atoms with van der Waals surface area (Å²) in [6, 6.07) is 15.3. The predicted octanol–water partition coefficient (Wildman–Crippen LogP) is 3.85. The van der Waals surface area contributed by atoms with Gasteiger partial charge in [-0.25, -0.2) is 0 Å². The predicted molar refractivity (Wildman–Crippen MR) is 128 cm³/mol. The Bertz CT molecular complexity index is 954. The summed E-state index contributed by atoms with van der Waals surface area (Å²) in [4.78, 5) is 17.2. The minimum atomic E-state index is -0.530. The number of benzene rings is 2. The molecule has 1 saturated carbocycles. The summed E-state index contributed by atoms with van der Waals surface area (Å²) in [6.45, 7) is 3.52. The van der Waals surface area contributed by atoms with Crippen molar-refractivity contribution in [1.29, 1.82) is 0 Å². The number of nitrogens with zero attached hydrogens (tertiary/aromatic N) is 2. The van der Waals surface area contributed by atoms with E-state index in [1.165, 1.54) is 43.2 Å². The van der Waals surface area contributed by atoms with Crippen molar-refractivity contribution in [3.05, 3.63) is 64.7 Å². The van der Waals surface area contributed by atoms with E-state index in [2.05, 4.69) is 46.6 Å². The zero-order chi connectivity index (χ0) is 21.9. The lowest BCUT2D eigenvalue weighted by molar-refractivity contribution is 0.0493. The largest absolute Gasteiger partial charge is 0.390 e. The van der Waals surface area contributed by atoms with Crippen molar-refractivity contribution >= 4 is 11.6 Å². The van der Waals surface area contributed by atoms with Crippen molar-refractivity contribution in [2.45, 2.75) is 63.6 Å². The molecule has 3 aliphatic rings. The molecule has 5 heteroatoms. The first-order valence-electron chi connectivity index (χ1n) is 12.3. The fourth-order valence-electron chi connectivity index (χ4n) is 5.60. The van der Waals surface area contributed by atoms with Gasteiger partial charge in [-0.05, 0) is 60.6 Å². The second-order valence-electron chi connectivity index (χ2n) is 9.76. The Morgan fingerprint density at radius 3 is 2.56 bits per heavy atom. The first-order chi connectivity index (χ1) is 15.7. The average Bonchev–Trinajstić information content (AvgIpc) is 2.81. The van der Waals surface area contributed by atoms with E-state index in [-0.39, 0.29) is 5.91 Å². The van der Waals surface area contributed by atoms with Crippen LogP contribution in [0.5, 0.6) is 0 Å². The van der Waals surface area contributed by atoms with E-state index in [1.54, 1.807) is 0 Å². The molecule has 2 aromatic rings. The van der Waals surface area contributed by atoms with Gasteiger partial charge in [0.05, 0.1) is 6.10 Å². The number of anilines is 1. The molecule has 0 radical (unpaired) electrons. The number of rotatable bonds is 6. The maximum atomic E-state index is 13.1. The third kappa shape index (κ3) is 4.84. The first kappa shape index (κ1) is 21.5. The highest BCUT2D eigenvalue weighted by Crippen LogP contribution is 2.26. The van der Waals surface area contributed by atoms with Crippen molar-refractivity contribution in [1.82, 2.24) is 9.80 Å². The van der Waals surface area contributed by atoms with E-state index in [4.69, 9.17) is 0 Å². The Kier molecular flexibility index (Phi) is 6.47. The normalized spacial score (nSPS) is 20.5. The number of carbonyl (C=O) groups excluding carboxylic acids is 1. The van der Waals surface area contributed by atoms with Crippen molar-refractivity contribution in [2.75, 3.05) is 31.5 Å². The van der Waals surface area contributed by atoms with Crippen molar-refractivity contribution in [2.24, 2.45) is 0 Å². The lowest BCUT2D eigenvalue weighted by atomic mass is 9.94.